The van der Waals surface area contributed by atoms with E-state index in [1.165, 1.54) is 69.8 Å². The topological polar surface area (TPSA) is 35.0 Å². The van der Waals surface area contributed by atoms with Crippen LogP contribution in [0.4, 0.5) is 0 Å². The van der Waals surface area contributed by atoms with Crippen LogP contribution in [0.15, 0.2) is 36.7 Å². The van der Waals surface area contributed by atoms with Gasteiger partial charge in [0.15, 0.2) is 5.75 Å². The number of nitrogens with zero attached hydrogens (tertiary/aromatic N) is 2. The van der Waals surface area contributed by atoms with Gasteiger partial charge in [-0.05, 0) is 67.6 Å². The summed E-state index contributed by atoms with van der Waals surface area (Å²) in [7, 11) is 0. The van der Waals surface area contributed by atoms with Crippen molar-refractivity contribution in [1.82, 2.24) is 9.97 Å². The molecule has 0 aliphatic heterocycles. The molecule has 1 aromatic heterocycles. The van der Waals surface area contributed by atoms with Crippen molar-refractivity contribution in [3.05, 3.63) is 53.6 Å². The summed E-state index contributed by atoms with van der Waals surface area (Å²) in [5, 5.41) is 0. The molecule has 3 rings (SSSR count). The second kappa shape index (κ2) is 13.2. The van der Waals surface area contributed by atoms with Crippen molar-refractivity contribution in [3.8, 4) is 17.6 Å². The average Bonchev–Trinajstić information content (AvgIpc) is 2.82. The minimum Gasteiger partial charge on any atom is -0.490 e. The largest absolute Gasteiger partial charge is 0.490 e. The maximum atomic E-state index is 5.72. The molecule has 1 aromatic carbocycles. The lowest BCUT2D eigenvalue weighted by molar-refractivity contribution is 0.302. The number of aromatic nitrogens is 2. The summed E-state index contributed by atoms with van der Waals surface area (Å²) in [6.07, 6.45) is 17.7. The normalized spacial score (nSPS) is 18.3. The van der Waals surface area contributed by atoms with Crippen LogP contribution >= 0.6 is 0 Å². The van der Waals surface area contributed by atoms with E-state index in [1.807, 2.05) is 0 Å². The van der Waals surface area contributed by atoms with E-state index in [1.54, 1.807) is 12.4 Å². The summed E-state index contributed by atoms with van der Waals surface area (Å²) in [6, 6.07) is 8.78. The smallest absolute Gasteiger partial charge is 0.205 e. The quantitative estimate of drug-likeness (QED) is 0.300. The van der Waals surface area contributed by atoms with Gasteiger partial charge < -0.3 is 4.74 Å². The Labute approximate surface area is 189 Å². The summed E-state index contributed by atoms with van der Waals surface area (Å²) >= 11 is 0. The van der Waals surface area contributed by atoms with Gasteiger partial charge in [0.2, 0.25) is 5.82 Å². The van der Waals surface area contributed by atoms with Crippen LogP contribution in [0.2, 0.25) is 0 Å². The van der Waals surface area contributed by atoms with Crippen LogP contribution in [-0.4, -0.2) is 16.6 Å². The Morgan fingerprint density at radius 3 is 2.23 bits per heavy atom. The minimum atomic E-state index is 0.536. The van der Waals surface area contributed by atoms with Gasteiger partial charge in [0, 0.05) is 5.56 Å². The van der Waals surface area contributed by atoms with Gasteiger partial charge in [-0.1, -0.05) is 70.4 Å². The fourth-order valence-electron chi connectivity index (χ4n) is 4.51. The van der Waals surface area contributed by atoms with Crippen LogP contribution in [-0.2, 0) is 0 Å². The first-order valence-corrected chi connectivity index (χ1v) is 12.3. The van der Waals surface area contributed by atoms with Crippen LogP contribution in [0.1, 0.15) is 107 Å². The van der Waals surface area contributed by atoms with Crippen LogP contribution < -0.4 is 4.74 Å². The Balaban J connectivity index is 1.45. The molecular weight excluding hydrogens is 380 g/mol. The van der Waals surface area contributed by atoms with Crippen LogP contribution in [0.25, 0.3) is 0 Å². The molecule has 3 nitrogen and oxygen atoms in total. The number of hydrogen-bond acceptors (Lipinski definition) is 3. The monoisotopic (exact) mass is 418 g/mol. The Bertz CT molecular complexity index is 809. The highest BCUT2D eigenvalue weighted by atomic mass is 16.5. The molecule has 1 aliphatic rings. The minimum absolute atomic E-state index is 0.536. The van der Waals surface area contributed by atoms with Crippen LogP contribution in [0.5, 0.6) is 5.75 Å². The van der Waals surface area contributed by atoms with Crippen molar-refractivity contribution < 1.29 is 4.74 Å². The van der Waals surface area contributed by atoms with Crippen molar-refractivity contribution in [2.45, 2.75) is 90.4 Å². The first-order valence-electron chi connectivity index (χ1n) is 12.3. The summed E-state index contributed by atoms with van der Waals surface area (Å²) in [5.41, 5.74) is 2.48. The Kier molecular flexibility index (Phi) is 9.90. The molecule has 2 aromatic rings. The molecule has 0 amide bonds. The second-order valence-electron chi connectivity index (χ2n) is 8.88. The summed E-state index contributed by atoms with van der Waals surface area (Å²) in [5.74, 6) is 9.19. The molecule has 0 N–H and O–H groups in total. The molecular formula is C28H38N2O. The van der Waals surface area contributed by atoms with Crippen LogP contribution in [0.3, 0.4) is 0 Å². The van der Waals surface area contributed by atoms with E-state index >= 15 is 0 Å². The SMILES string of the molecule is CCCCCCCOc1cnc(C#Cc2ccc([C@H]3CC[C@H](CCC)CC3)cc2)nc1. The van der Waals surface area contributed by atoms with E-state index in [0.29, 0.717) is 5.82 Å². The first-order chi connectivity index (χ1) is 15.3. The zero-order valence-corrected chi connectivity index (χ0v) is 19.4. The number of hydrogen-bond donors (Lipinski definition) is 0. The zero-order valence-electron chi connectivity index (χ0n) is 19.4. The van der Waals surface area contributed by atoms with Crippen molar-refractivity contribution >= 4 is 0 Å². The predicted octanol–water partition coefficient (Wildman–Crippen LogP) is 7.30. The van der Waals surface area contributed by atoms with Gasteiger partial charge >= 0.3 is 0 Å². The third kappa shape index (κ3) is 8.02. The number of unbranched alkanes of at least 4 members (excludes halogenated alkanes) is 4. The molecule has 166 valence electrons. The van der Waals surface area contributed by atoms with Crippen molar-refractivity contribution in [1.29, 1.82) is 0 Å². The molecule has 1 fully saturated rings. The maximum Gasteiger partial charge on any atom is 0.205 e. The Morgan fingerprint density at radius 1 is 0.839 bits per heavy atom. The van der Waals surface area contributed by atoms with Gasteiger partial charge in [0.05, 0.1) is 19.0 Å². The van der Waals surface area contributed by atoms with Gasteiger partial charge in [0.25, 0.3) is 0 Å². The van der Waals surface area contributed by atoms with E-state index in [2.05, 4.69) is 59.9 Å². The molecule has 1 heterocycles. The fourth-order valence-corrected chi connectivity index (χ4v) is 4.51. The molecule has 0 saturated heterocycles. The van der Waals surface area contributed by atoms with Crippen molar-refractivity contribution in [2.24, 2.45) is 5.92 Å². The van der Waals surface area contributed by atoms with Gasteiger partial charge in [-0.15, -0.1) is 0 Å². The number of ether oxygens (including phenoxy) is 1. The van der Waals surface area contributed by atoms with E-state index in [9.17, 15) is 0 Å². The van der Waals surface area contributed by atoms with Gasteiger partial charge in [0.1, 0.15) is 0 Å². The van der Waals surface area contributed by atoms with Crippen molar-refractivity contribution in [2.75, 3.05) is 6.61 Å². The van der Waals surface area contributed by atoms with E-state index in [4.69, 9.17) is 4.74 Å². The zero-order chi connectivity index (χ0) is 21.7. The molecule has 31 heavy (non-hydrogen) atoms. The Hall–Kier alpha value is -2.34. The van der Waals surface area contributed by atoms with Crippen LogP contribution in [0, 0.1) is 17.8 Å². The van der Waals surface area contributed by atoms with E-state index in [0.717, 1.165) is 36.2 Å². The molecule has 0 unspecified atom stereocenters. The highest BCUT2D eigenvalue weighted by Crippen LogP contribution is 2.37. The lowest BCUT2D eigenvalue weighted by Crippen LogP contribution is -2.13. The molecule has 0 radical (unpaired) electrons. The number of rotatable bonds is 10. The Morgan fingerprint density at radius 2 is 1.55 bits per heavy atom. The third-order valence-electron chi connectivity index (χ3n) is 6.39. The standard InChI is InChI=1S/C28H38N2O/c1-3-5-6-7-8-20-31-27-21-29-28(30-22-27)19-14-24-12-17-26(18-13-24)25-15-10-23(9-4-2)11-16-25/h12-13,17-18,21-23,25H,3-11,15-16,20H2,1-2H3/t23-,25-. The highest BCUT2D eigenvalue weighted by molar-refractivity contribution is 5.40. The fraction of sp³-hybridized carbons (Fsp3) is 0.571. The van der Waals surface area contributed by atoms with Crippen molar-refractivity contribution in [3.63, 3.8) is 0 Å². The maximum absolute atomic E-state index is 5.72. The number of benzene rings is 1. The lowest BCUT2D eigenvalue weighted by atomic mass is 9.77. The first kappa shape index (κ1) is 23.3. The third-order valence-corrected chi connectivity index (χ3v) is 6.39. The molecule has 0 atom stereocenters. The molecule has 0 spiro atoms. The van der Waals surface area contributed by atoms with Gasteiger partial charge in [-0.25, -0.2) is 9.97 Å². The average molecular weight is 419 g/mol. The predicted molar refractivity (Wildman–Crippen MR) is 128 cm³/mol. The summed E-state index contributed by atoms with van der Waals surface area (Å²) in [4.78, 5) is 8.65. The van der Waals surface area contributed by atoms with E-state index in [-0.39, 0.29) is 0 Å². The highest BCUT2D eigenvalue weighted by Gasteiger charge is 2.21. The molecule has 3 heteroatoms. The molecule has 1 aliphatic carbocycles. The van der Waals surface area contributed by atoms with Gasteiger partial charge in [-0.3, -0.25) is 0 Å². The second-order valence-corrected chi connectivity index (χ2v) is 8.88. The lowest BCUT2D eigenvalue weighted by Gasteiger charge is -2.28. The molecule has 1 saturated carbocycles. The molecule has 0 bridgehead atoms. The van der Waals surface area contributed by atoms with Gasteiger partial charge in [-0.2, -0.15) is 0 Å². The van der Waals surface area contributed by atoms with E-state index < -0.39 is 0 Å². The summed E-state index contributed by atoms with van der Waals surface area (Å²) < 4.78 is 5.72. The summed E-state index contributed by atoms with van der Waals surface area (Å²) in [6.45, 7) is 5.26.